The summed E-state index contributed by atoms with van der Waals surface area (Å²) in [6.45, 7) is 6.30. The minimum atomic E-state index is -0.987. The van der Waals surface area contributed by atoms with E-state index in [9.17, 15) is 9.59 Å². The average Bonchev–Trinajstić information content (AvgIpc) is 3.88. The third-order valence-corrected chi connectivity index (χ3v) is 9.65. The highest BCUT2D eigenvalue weighted by atomic mass is 16.7. The number of H-pyrrole nitrogens is 2. The molecule has 4 unspecified atom stereocenters. The van der Waals surface area contributed by atoms with Crippen LogP contribution in [0.1, 0.15) is 80.2 Å². The van der Waals surface area contributed by atoms with Crippen LogP contribution in [0.5, 0.6) is 0 Å². The van der Waals surface area contributed by atoms with Crippen LogP contribution in [0, 0.1) is 5.92 Å². The van der Waals surface area contributed by atoms with Gasteiger partial charge in [-0.3, -0.25) is 4.79 Å². The molecule has 10 nitrogen and oxygen atoms in total. The number of aryl methyl sites for hydroxylation is 1. The molecule has 3 aromatic rings. The van der Waals surface area contributed by atoms with Crippen molar-refractivity contribution in [1.82, 2.24) is 25.2 Å². The zero-order valence-electron chi connectivity index (χ0n) is 27.4. The number of methoxy groups -OCH3 is 2. The van der Waals surface area contributed by atoms with Crippen LogP contribution in [0.4, 0.5) is 4.79 Å². The Labute approximate surface area is 270 Å². The van der Waals surface area contributed by atoms with Crippen molar-refractivity contribution in [2.45, 2.75) is 76.7 Å². The van der Waals surface area contributed by atoms with Crippen molar-refractivity contribution >= 4 is 17.6 Å². The molecule has 2 aromatic heterocycles. The average molecular weight is 628 g/mol. The third-order valence-electron chi connectivity index (χ3n) is 9.65. The summed E-state index contributed by atoms with van der Waals surface area (Å²) in [5.41, 5.74) is 8.67. The summed E-state index contributed by atoms with van der Waals surface area (Å²) in [4.78, 5) is 39.4. The molecule has 0 radical (unpaired) electrons. The number of ether oxygens (including phenoxy) is 3. The highest BCUT2D eigenvalue weighted by molar-refractivity contribution is 5.86. The maximum absolute atomic E-state index is 13.9. The standard InChI is InChI=1S/C36H45N5O5/c1-6-46-36(45-5)18-30(41(21-36)34(42)31(22(2)3)40-35(43)44-4)33-38-20-29(39-33)25-14-10-23(11-15-25)24-12-16-26(17-13-24)32-28-9-7-8-27(28)19-37-32/h10-12,14-17,19-20,22,24,30-31,37H,6-9,13,18,21H2,1-5H3,(H,38,39)(H,40,43). The molecule has 4 atom stereocenters. The van der Waals surface area contributed by atoms with E-state index in [1.165, 1.54) is 54.3 Å². The predicted octanol–water partition coefficient (Wildman–Crippen LogP) is 6.05. The number of hydrogen-bond acceptors (Lipinski definition) is 6. The highest BCUT2D eigenvalue weighted by Gasteiger charge is 2.50. The molecule has 10 heteroatoms. The van der Waals surface area contributed by atoms with Gasteiger partial charge in [0.15, 0.2) is 5.79 Å². The molecule has 0 spiro atoms. The minimum Gasteiger partial charge on any atom is -0.453 e. The van der Waals surface area contributed by atoms with Crippen molar-refractivity contribution in [1.29, 1.82) is 0 Å². The van der Waals surface area contributed by atoms with Gasteiger partial charge >= 0.3 is 6.09 Å². The van der Waals surface area contributed by atoms with E-state index in [-0.39, 0.29) is 18.4 Å². The van der Waals surface area contributed by atoms with E-state index in [4.69, 9.17) is 19.2 Å². The number of alkyl carbamates (subject to hydrolysis) is 1. The molecule has 6 rings (SSSR count). The summed E-state index contributed by atoms with van der Waals surface area (Å²) >= 11 is 0. The number of imidazole rings is 1. The van der Waals surface area contributed by atoms with Crippen molar-refractivity contribution in [3.63, 3.8) is 0 Å². The molecule has 0 bridgehead atoms. The van der Waals surface area contributed by atoms with Gasteiger partial charge in [-0.2, -0.15) is 0 Å². The first-order valence-electron chi connectivity index (χ1n) is 16.3. The minimum absolute atomic E-state index is 0.169. The molecule has 3 N–H and O–H groups in total. The number of rotatable bonds is 10. The van der Waals surface area contributed by atoms with Crippen LogP contribution in [0.2, 0.25) is 0 Å². The summed E-state index contributed by atoms with van der Waals surface area (Å²) in [6.07, 6.45) is 15.2. The number of allylic oxidation sites excluding steroid dienone is 4. The van der Waals surface area contributed by atoms with Crippen molar-refractivity contribution in [3.05, 3.63) is 83.1 Å². The second kappa shape index (κ2) is 13.3. The SMILES string of the molecule is CCOC1(OC)CC(c2ncc(-c3ccc(C4C=CC(c5[nH]cc6c5CCC6)=CC4)cc3)[nH]2)N(C(=O)C(NC(=O)OC)C(C)C)C1. The fraction of sp³-hybridized carbons (Fsp3) is 0.472. The van der Waals surface area contributed by atoms with Gasteiger partial charge in [0.05, 0.1) is 31.6 Å². The molecule has 2 amide bonds. The molecule has 46 heavy (non-hydrogen) atoms. The molecule has 3 aliphatic rings. The van der Waals surface area contributed by atoms with E-state index in [2.05, 4.69) is 64.0 Å². The normalized spacial score (nSPS) is 23.0. The number of carbonyl (C=O) groups is 2. The topological polar surface area (TPSA) is 122 Å². The Hall–Kier alpha value is -4.15. The van der Waals surface area contributed by atoms with Gasteiger partial charge in [-0.25, -0.2) is 9.78 Å². The molecular weight excluding hydrogens is 582 g/mol. The van der Waals surface area contributed by atoms with Gasteiger partial charge < -0.3 is 34.4 Å². The second-order valence-electron chi connectivity index (χ2n) is 12.8. The number of nitrogens with zero attached hydrogens (tertiary/aromatic N) is 2. The Morgan fingerprint density at radius 3 is 2.65 bits per heavy atom. The maximum atomic E-state index is 13.9. The summed E-state index contributed by atoms with van der Waals surface area (Å²) in [6, 6.07) is 7.36. The number of aromatic nitrogens is 3. The van der Waals surface area contributed by atoms with Gasteiger partial charge in [0.2, 0.25) is 5.91 Å². The number of hydrogen-bond donors (Lipinski definition) is 3. The van der Waals surface area contributed by atoms with Crippen molar-refractivity contribution in [2.75, 3.05) is 27.4 Å². The van der Waals surface area contributed by atoms with Crippen molar-refractivity contribution < 1.29 is 23.8 Å². The molecule has 1 aliphatic heterocycles. The summed E-state index contributed by atoms with van der Waals surface area (Å²) in [5.74, 6) is -0.443. The summed E-state index contributed by atoms with van der Waals surface area (Å²) < 4.78 is 16.7. The molecule has 1 saturated heterocycles. The van der Waals surface area contributed by atoms with Gasteiger partial charge in [0.1, 0.15) is 11.9 Å². The monoisotopic (exact) mass is 627 g/mol. The zero-order valence-corrected chi connectivity index (χ0v) is 27.4. The molecular formula is C36H45N5O5. The van der Waals surface area contributed by atoms with E-state index < -0.39 is 24.0 Å². The lowest BCUT2D eigenvalue weighted by atomic mass is 9.88. The van der Waals surface area contributed by atoms with Crippen LogP contribution in [0.3, 0.4) is 0 Å². The molecule has 2 aliphatic carbocycles. The van der Waals surface area contributed by atoms with Crippen molar-refractivity contribution in [2.24, 2.45) is 5.92 Å². The number of nitrogens with one attached hydrogen (secondary N) is 3. The van der Waals surface area contributed by atoms with E-state index in [1.54, 1.807) is 18.2 Å². The lowest BCUT2D eigenvalue weighted by Crippen LogP contribution is -2.52. The van der Waals surface area contributed by atoms with Crippen molar-refractivity contribution in [3.8, 4) is 11.3 Å². The van der Waals surface area contributed by atoms with E-state index >= 15 is 0 Å². The Morgan fingerprint density at radius 2 is 1.98 bits per heavy atom. The van der Waals surface area contributed by atoms with Crippen LogP contribution >= 0.6 is 0 Å². The van der Waals surface area contributed by atoms with Crippen LogP contribution in [-0.2, 0) is 31.8 Å². The first kappa shape index (κ1) is 31.8. The van der Waals surface area contributed by atoms with Gasteiger partial charge in [-0.05, 0) is 66.4 Å². The Morgan fingerprint density at radius 1 is 1.17 bits per heavy atom. The van der Waals surface area contributed by atoms with Gasteiger partial charge in [-0.1, -0.05) is 56.3 Å². The number of amides is 2. The lowest BCUT2D eigenvalue weighted by molar-refractivity contribution is -0.210. The van der Waals surface area contributed by atoms with Crippen LogP contribution in [0.15, 0.2) is 54.9 Å². The first-order chi connectivity index (χ1) is 22.3. The van der Waals surface area contributed by atoms with Gasteiger partial charge in [0, 0.05) is 37.9 Å². The highest BCUT2D eigenvalue weighted by Crippen LogP contribution is 2.41. The first-order valence-corrected chi connectivity index (χ1v) is 16.3. The van der Waals surface area contributed by atoms with Gasteiger partial charge in [0.25, 0.3) is 0 Å². The molecule has 3 heterocycles. The molecule has 0 saturated carbocycles. The molecule has 1 aromatic carbocycles. The third kappa shape index (κ3) is 6.16. The summed E-state index contributed by atoms with van der Waals surface area (Å²) in [7, 11) is 2.87. The van der Waals surface area contributed by atoms with E-state index in [0.29, 0.717) is 24.8 Å². The number of fused-ring (bicyclic) bond motifs is 1. The van der Waals surface area contributed by atoms with E-state index in [0.717, 1.165) is 17.7 Å². The van der Waals surface area contributed by atoms with Crippen LogP contribution in [-0.4, -0.2) is 71.1 Å². The predicted molar refractivity (Wildman–Crippen MR) is 176 cm³/mol. The number of aromatic amines is 2. The lowest BCUT2D eigenvalue weighted by Gasteiger charge is -2.30. The molecule has 244 valence electrons. The Bertz CT molecular complexity index is 1620. The van der Waals surface area contributed by atoms with Gasteiger partial charge in [-0.15, -0.1) is 0 Å². The Balaban J connectivity index is 1.18. The molecule has 1 fully saturated rings. The fourth-order valence-electron chi connectivity index (χ4n) is 7.10. The quantitative estimate of drug-likeness (QED) is 0.235. The van der Waals surface area contributed by atoms with E-state index in [1.807, 2.05) is 20.8 Å². The zero-order chi connectivity index (χ0) is 32.4. The Kier molecular flexibility index (Phi) is 9.20. The van der Waals surface area contributed by atoms with Crippen LogP contribution in [0.25, 0.3) is 16.8 Å². The smallest absolute Gasteiger partial charge is 0.407 e. The number of carbonyl (C=O) groups excluding carboxylic acids is 2. The number of benzene rings is 1. The summed E-state index contributed by atoms with van der Waals surface area (Å²) in [5, 5.41) is 2.70. The second-order valence-corrected chi connectivity index (χ2v) is 12.8. The fourth-order valence-corrected chi connectivity index (χ4v) is 7.10. The maximum Gasteiger partial charge on any atom is 0.407 e. The van der Waals surface area contributed by atoms with Crippen LogP contribution < -0.4 is 5.32 Å². The largest absolute Gasteiger partial charge is 0.453 e. The number of likely N-dealkylation sites (tertiary alicyclic amines) is 1.